The molecule has 130 valence electrons. The number of carbonyl (C=O) groups excluding carboxylic acids is 1. The van der Waals surface area contributed by atoms with E-state index in [9.17, 15) is 14.7 Å². The molecule has 6 nitrogen and oxygen atoms in total. The monoisotopic (exact) mass is 352 g/mol. The molecule has 1 amide bonds. The van der Waals surface area contributed by atoms with Crippen molar-refractivity contribution >= 4 is 23.5 Å². The molecule has 1 aromatic rings. The van der Waals surface area contributed by atoms with Crippen LogP contribution in [0.4, 0.5) is 0 Å². The Bertz CT molecular complexity index is 626. The minimum Gasteiger partial charge on any atom is -0.480 e. The first-order valence-electron chi connectivity index (χ1n) is 8.03. The molecular weight excluding hydrogens is 332 g/mol. The number of nitrogens with zero attached hydrogens (tertiary/aromatic N) is 2. The van der Waals surface area contributed by atoms with Crippen molar-refractivity contribution in [3.8, 4) is 0 Å². The number of piperidine rings is 1. The quantitative estimate of drug-likeness (QED) is 0.895. The van der Waals surface area contributed by atoms with E-state index in [1.807, 2.05) is 7.05 Å². The minimum absolute atomic E-state index is 0.0470. The molecule has 3 rings (SSSR count). The Hall–Kier alpha value is -1.63. The molecule has 2 heterocycles. The number of benzene rings is 1. The van der Waals surface area contributed by atoms with E-state index in [0.717, 1.165) is 18.7 Å². The van der Waals surface area contributed by atoms with E-state index in [1.54, 1.807) is 24.3 Å². The van der Waals surface area contributed by atoms with E-state index in [2.05, 4.69) is 4.90 Å². The van der Waals surface area contributed by atoms with E-state index in [-0.39, 0.29) is 18.9 Å². The first kappa shape index (κ1) is 17.2. The lowest BCUT2D eigenvalue weighted by Gasteiger charge is -2.43. The molecule has 7 heteroatoms. The number of rotatable bonds is 3. The summed E-state index contributed by atoms with van der Waals surface area (Å²) >= 11 is 5.87. The molecule has 0 aliphatic carbocycles. The fraction of sp³-hybridized carbons (Fsp3) is 0.529. The van der Waals surface area contributed by atoms with Crippen molar-refractivity contribution in [2.24, 2.45) is 0 Å². The molecule has 2 aliphatic rings. The fourth-order valence-electron chi connectivity index (χ4n) is 3.46. The van der Waals surface area contributed by atoms with E-state index in [0.29, 0.717) is 17.9 Å². The number of likely N-dealkylation sites (tertiary alicyclic amines) is 1. The van der Waals surface area contributed by atoms with Gasteiger partial charge < -0.3 is 14.7 Å². The first-order valence-corrected chi connectivity index (χ1v) is 8.41. The number of aliphatic carboxylic acids is 1. The maximum absolute atomic E-state index is 12.9. The van der Waals surface area contributed by atoms with Gasteiger partial charge in [0.2, 0.25) is 5.91 Å². The van der Waals surface area contributed by atoms with Gasteiger partial charge in [0.15, 0.2) is 6.04 Å². The zero-order chi connectivity index (χ0) is 17.3. The summed E-state index contributed by atoms with van der Waals surface area (Å²) in [5.74, 6) is -1.23. The molecule has 0 bridgehead atoms. The number of carboxylic acids is 1. The van der Waals surface area contributed by atoms with Crippen LogP contribution in [0.5, 0.6) is 0 Å². The Morgan fingerprint density at radius 3 is 2.50 bits per heavy atom. The van der Waals surface area contributed by atoms with Gasteiger partial charge in [-0.1, -0.05) is 23.7 Å². The van der Waals surface area contributed by atoms with Crippen LogP contribution < -0.4 is 0 Å². The molecular formula is C17H21ClN2O4. The highest BCUT2D eigenvalue weighted by Crippen LogP contribution is 2.37. The second-order valence-corrected chi connectivity index (χ2v) is 6.92. The summed E-state index contributed by atoms with van der Waals surface area (Å²) < 4.78 is 5.87. The third-order valence-corrected chi connectivity index (χ3v) is 5.10. The van der Waals surface area contributed by atoms with Gasteiger partial charge in [0.1, 0.15) is 5.72 Å². The maximum Gasteiger partial charge on any atom is 0.328 e. The summed E-state index contributed by atoms with van der Waals surface area (Å²) in [6, 6.07) is 6.10. The lowest BCUT2D eigenvalue weighted by molar-refractivity contribution is -0.164. The van der Waals surface area contributed by atoms with Crippen LogP contribution >= 0.6 is 11.6 Å². The fourth-order valence-corrected chi connectivity index (χ4v) is 3.59. The predicted molar refractivity (Wildman–Crippen MR) is 88.8 cm³/mol. The van der Waals surface area contributed by atoms with Gasteiger partial charge in [-0.05, 0) is 24.7 Å². The highest BCUT2D eigenvalue weighted by molar-refractivity contribution is 6.30. The largest absolute Gasteiger partial charge is 0.480 e. The summed E-state index contributed by atoms with van der Waals surface area (Å²) in [5, 5.41) is 10.1. The van der Waals surface area contributed by atoms with Gasteiger partial charge in [0.25, 0.3) is 0 Å². The van der Waals surface area contributed by atoms with Crippen molar-refractivity contribution in [1.82, 2.24) is 9.80 Å². The molecule has 1 unspecified atom stereocenters. The molecule has 0 radical (unpaired) electrons. The SMILES string of the molecule is CN1CCC2(CC1)OCC(C(=O)O)N2C(=O)Cc1ccc(Cl)cc1. The zero-order valence-electron chi connectivity index (χ0n) is 13.6. The third-order valence-electron chi connectivity index (χ3n) is 4.85. The van der Waals surface area contributed by atoms with Crippen LogP contribution in [-0.2, 0) is 20.7 Å². The standard InChI is InChI=1S/C17H21ClN2O4/c1-19-8-6-17(7-9-19)20(14(11-24-17)16(22)23)15(21)10-12-2-4-13(18)5-3-12/h2-5,14H,6-11H2,1H3,(H,22,23). The second kappa shape index (κ2) is 6.70. The topological polar surface area (TPSA) is 70.1 Å². The molecule has 1 spiro atoms. The summed E-state index contributed by atoms with van der Waals surface area (Å²) in [4.78, 5) is 28.1. The van der Waals surface area contributed by atoms with Gasteiger partial charge in [-0.2, -0.15) is 0 Å². The molecule has 24 heavy (non-hydrogen) atoms. The molecule has 1 N–H and O–H groups in total. The number of carboxylic acid groups (broad SMARTS) is 1. The molecule has 0 aromatic heterocycles. The number of hydrogen-bond donors (Lipinski definition) is 1. The average molecular weight is 353 g/mol. The summed E-state index contributed by atoms with van der Waals surface area (Å²) in [7, 11) is 2.01. The Labute approximate surface area is 145 Å². The summed E-state index contributed by atoms with van der Waals surface area (Å²) in [6.45, 7) is 1.60. The minimum atomic E-state index is -1.02. The second-order valence-electron chi connectivity index (χ2n) is 6.48. The smallest absolute Gasteiger partial charge is 0.328 e. The van der Waals surface area contributed by atoms with E-state index in [1.165, 1.54) is 4.90 Å². The molecule has 2 saturated heterocycles. The van der Waals surface area contributed by atoms with E-state index >= 15 is 0 Å². The lowest BCUT2D eigenvalue weighted by Crippen LogP contribution is -2.58. The first-order chi connectivity index (χ1) is 11.4. The molecule has 0 saturated carbocycles. The summed E-state index contributed by atoms with van der Waals surface area (Å²) in [6.07, 6.45) is 1.39. The lowest BCUT2D eigenvalue weighted by atomic mass is 9.97. The van der Waals surface area contributed by atoms with Gasteiger partial charge in [0.05, 0.1) is 13.0 Å². The van der Waals surface area contributed by atoms with Crippen LogP contribution in [0, 0.1) is 0 Å². The van der Waals surface area contributed by atoms with Crippen molar-refractivity contribution in [3.05, 3.63) is 34.9 Å². The van der Waals surface area contributed by atoms with Crippen LogP contribution in [0.1, 0.15) is 18.4 Å². The Morgan fingerprint density at radius 1 is 1.29 bits per heavy atom. The van der Waals surface area contributed by atoms with E-state index < -0.39 is 17.7 Å². The van der Waals surface area contributed by atoms with Gasteiger partial charge >= 0.3 is 5.97 Å². The third kappa shape index (κ3) is 3.27. The van der Waals surface area contributed by atoms with Gasteiger partial charge in [-0.3, -0.25) is 9.69 Å². The molecule has 1 atom stereocenters. The Morgan fingerprint density at radius 2 is 1.92 bits per heavy atom. The molecule has 2 aliphatic heterocycles. The van der Waals surface area contributed by atoms with Crippen molar-refractivity contribution in [1.29, 1.82) is 0 Å². The van der Waals surface area contributed by atoms with Crippen molar-refractivity contribution in [3.63, 3.8) is 0 Å². The normalized spacial score (nSPS) is 23.6. The molecule has 1 aromatic carbocycles. The number of hydrogen-bond acceptors (Lipinski definition) is 4. The van der Waals surface area contributed by atoms with Crippen LogP contribution in [0.15, 0.2) is 24.3 Å². The van der Waals surface area contributed by atoms with Crippen molar-refractivity contribution < 1.29 is 19.4 Å². The highest BCUT2D eigenvalue weighted by Gasteiger charge is 2.53. The van der Waals surface area contributed by atoms with Crippen LogP contribution in [0.2, 0.25) is 5.02 Å². The molecule has 2 fully saturated rings. The van der Waals surface area contributed by atoms with Crippen molar-refractivity contribution in [2.45, 2.75) is 31.0 Å². The van der Waals surface area contributed by atoms with E-state index in [4.69, 9.17) is 16.3 Å². The summed E-state index contributed by atoms with van der Waals surface area (Å²) in [5.41, 5.74) is 0.0162. The van der Waals surface area contributed by atoms with Crippen LogP contribution in [0.3, 0.4) is 0 Å². The number of halogens is 1. The van der Waals surface area contributed by atoms with Gasteiger partial charge in [-0.15, -0.1) is 0 Å². The van der Waals surface area contributed by atoms with Gasteiger partial charge in [0, 0.05) is 31.0 Å². The predicted octanol–water partition coefficient (Wildman–Crippen LogP) is 1.62. The highest BCUT2D eigenvalue weighted by atomic mass is 35.5. The van der Waals surface area contributed by atoms with Gasteiger partial charge in [-0.25, -0.2) is 4.79 Å². The van der Waals surface area contributed by atoms with Crippen LogP contribution in [-0.4, -0.2) is 65.3 Å². The maximum atomic E-state index is 12.9. The number of ether oxygens (including phenoxy) is 1. The average Bonchev–Trinajstić information content (AvgIpc) is 2.92. The Kier molecular flexibility index (Phi) is 4.80. The van der Waals surface area contributed by atoms with Crippen molar-refractivity contribution in [2.75, 3.05) is 26.7 Å². The number of carbonyl (C=O) groups is 2. The van der Waals surface area contributed by atoms with Crippen LogP contribution in [0.25, 0.3) is 0 Å². The Balaban J connectivity index is 1.83. The zero-order valence-corrected chi connectivity index (χ0v) is 14.3. The number of amides is 1.